The Morgan fingerprint density at radius 3 is 2.28 bits per heavy atom. The highest BCUT2D eigenvalue weighted by Gasteiger charge is 2.29. The van der Waals surface area contributed by atoms with E-state index in [1.807, 2.05) is 30.3 Å². The van der Waals surface area contributed by atoms with Crippen LogP contribution in [0.4, 0.5) is 11.5 Å². The molecule has 1 aliphatic carbocycles. The Morgan fingerprint density at radius 2 is 1.59 bits per heavy atom. The topological polar surface area (TPSA) is 97.1 Å². The highest BCUT2D eigenvalue weighted by atomic mass is 16.4. The smallest absolute Gasteiger partial charge is 0.279 e. The van der Waals surface area contributed by atoms with Crippen LogP contribution in [0.2, 0.25) is 0 Å². The van der Waals surface area contributed by atoms with Crippen LogP contribution in [-0.2, 0) is 4.79 Å². The first kappa shape index (κ1) is 19.7. The summed E-state index contributed by atoms with van der Waals surface area (Å²) >= 11 is 0. The summed E-state index contributed by atoms with van der Waals surface area (Å²) in [5, 5.41) is 5.67. The molecule has 0 aliphatic heterocycles. The molecule has 7 heteroatoms. The zero-order valence-electron chi connectivity index (χ0n) is 17.1. The molecule has 2 N–H and O–H groups in total. The first-order valence-electron chi connectivity index (χ1n) is 10.4. The molecule has 32 heavy (non-hydrogen) atoms. The Bertz CT molecular complexity index is 1250. The van der Waals surface area contributed by atoms with Gasteiger partial charge in [-0.3, -0.25) is 9.59 Å². The van der Waals surface area contributed by atoms with E-state index in [-0.39, 0.29) is 17.5 Å². The predicted octanol–water partition coefficient (Wildman–Crippen LogP) is 5.00. The molecule has 0 unspecified atom stereocenters. The molecular formula is C25H20N4O3. The third kappa shape index (κ3) is 4.27. The number of benzene rings is 2. The number of nitrogens with one attached hydrogen (secondary N) is 2. The van der Waals surface area contributed by atoms with Gasteiger partial charge in [0.15, 0.2) is 11.5 Å². The van der Waals surface area contributed by atoms with Gasteiger partial charge >= 0.3 is 0 Å². The minimum absolute atomic E-state index is 0.0409. The highest BCUT2D eigenvalue weighted by molar-refractivity contribution is 6.06. The van der Waals surface area contributed by atoms with Crippen LogP contribution in [-0.4, -0.2) is 21.8 Å². The standard InChI is InChI=1S/C25H20N4O3/c30-23(17-9-10-17)27-19-13-11-16(12-14-19)22-21(24(31)28-20-8-4-5-15-26-20)29-25(32-22)18-6-2-1-3-7-18/h1-8,11-15,17H,9-10H2,(H,27,30)(H,26,28,31). The van der Waals surface area contributed by atoms with E-state index in [4.69, 9.17) is 4.42 Å². The quantitative estimate of drug-likeness (QED) is 0.454. The van der Waals surface area contributed by atoms with E-state index < -0.39 is 5.91 Å². The Morgan fingerprint density at radius 1 is 0.844 bits per heavy atom. The fourth-order valence-electron chi connectivity index (χ4n) is 3.28. The number of hydrogen-bond acceptors (Lipinski definition) is 5. The number of hydrogen-bond donors (Lipinski definition) is 2. The molecule has 2 aromatic heterocycles. The number of anilines is 2. The molecule has 1 saturated carbocycles. The zero-order chi connectivity index (χ0) is 21.9. The highest BCUT2D eigenvalue weighted by Crippen LogP contribution is 2.32. The second-order valence-electron chi connectivity index (χ2n) is 7.57. The van der Waals surface area contributed by atoms with Crippen molar-refractivity contribution in [2.24, 2.45) is 5.92 Å². The molecule has 158 valence electrons. The van der Waals surface area contributed by atoms with E-state index in [9.17, 15) is 9.59 Å². The van der Waals surface area contributed by atoms with Crippen molar-refractivity contribution in [3.8, 4) is 22.8 Å². The molecular weight excluding hydrogens is 404 g/mol. The van der Waals surface area contributed by atoms with Crippen molar-refractivity contribution >= 4 is 23.3 Å². The molecule has 7 nitrogen and oxygen atoms in total. The first-order chi connectivity index (χ1) is 15.7. The van der Waals surface area contributed by atoms with E-state index in [1.165, 1.54) is 0 Å². The summed E-state index contributed by atoms with van der Waals surface area (Å²) in [6.07, 6.45) is 3.49. The normalized spacial score (nSPS) is 12.9. The van der Waals surface area contributed by atoms with E-state index in [0.717, 1.165) is 18.4 Å². The van der Waals surface area contributed by atoms with Crippen LogP contribution in [0.3, 0.4) is 0 Å². The zero-order valence-corrected chi connectivity index (χ0v) is 17.1. The molecule has 0 spiro atoms. The van der Waals surface area contributed by atoms with E-state index in [2.05, 4.69) is 20.6 Å². The van der Waals surface area contributed by atoms with Crippen molar-refractivity contribution in [3.05, 3.63) is 84.7 Å². The molecule has 5 rings (SSSR count). The van der Waals surface area contributed by atoms with Crippen LogP contribution < -0.4 is 10.6 Å². The van der Waals surface area contributed by atoms with Gasteiger partial charge in [0.05, 0.1) is 0 Å². The molecule has 2 aromatic carbocycles. The summed E-state index contributed by atoms with van der Waals surface area (Å²) in [6, 6.07) is 21.8. The molecule has 0 atom stereocenters. The van der Waals surface area contributed by atoms with Gasteiger partial charge in [-0.25, -0.2) is 9.97 Å². The Hall–Kier alpha value is -4.26. The third-order valence-corrected chi connectivity index (χ3v) is 5.13. The summed E-state index contributed by atoms with van der Waals surface area (Å²) in [5.74, 6) is 0.857. The largest absolute Gasteiger partial charge is 0.435 e. The van der Waals surface area contributed by atoms with Crippen molar-refractivity contribution in [2.75, 3.05) is 10.6 Å². The average Bonchev–Trinajstić information content (AvgIpc) is 3.59. The van der Waals surface area contributed by atoms with Gasteiger partial charge in [0.1, 0.15) is 5.82 Å². The molecule has 1 aliphatic rings. The van der Waals surface area contributed by atoms with Gasteiger partial charge in [-0.05, 0) is 61.4 Å². The number of oxazole rings is 1. The van der Waals surface area contributed by atoms with E-state index in [1.54, 1.807) is 48.7 Å². The number of nitrogens with zero attached hydrogens (tertiary/aromatic N) is 2. The maximum absolute atomic E-state index is 13.0. The first-order valence-corrected chi connectivity index (χ1v) is 10.4. The summed E-state index contributed by atoms with van der Waals surface area (Å²) in [4.78, 5) is 33.6. The summed E-state index contributed by atoms with van der Waals surface area (Å²) in [7, 11) is 0. The Balaban J connectivity index is 1.47. The monoisotopic (exact) mass is 424 g/mol. The van der Waals surface area contributed by atoms with Crippen molar-refractivity contribution < 1.29 is 14.0 Å². The molecule has 4 aromatic rings. The summed E-state index contributed by atoms with van der Waals surface area (Å²) in [5.41, 5.74) is 2.30. The average molecular weight is 424 g/mol. The Labute approximate surface area is 184 Å². The lowest BCUT2D eigenvalue weighted by molar-refractivity contribution is -0.117. The van der Waals surface area contributed by atoms with Gasteiger partial charge in [-0.1, -0.05) is 24.3 Å². The van der Waals surface area contributed by atoms with Crippen LogP contribution >= 0.6 is 0 Å². The summed E-state index contributed by atoms with van der Waals surface area (Å²) < 4.78 is 6.04. The molecule has 0 saturated heterocycles. The van der Waals surface area contributed by atoms with Crippen molar-refractivity contribution in [2.45, 2.75) is 12.8 Å². The van der Waals surface area contributed by atoms with Crippen LogP contribution in [0.15, 0.2) is 83.4 Å². The minimum Gasteiger partial charge on any atom is -0.435 e. The molecule has 2 heterocycles. The van der Waals surface area contributed by atoms with Gasteiger partial charge < -0.3 is 15.1 Å². The van der Waals surface area contributed by atoms with Gasteiger partial charge in [-0.2, -0.15) is 0 Å². The number of carbonyl (C=O) groups excluding carboxylic acids is 2. The van der Waals surface area contributed by atoms with Crippen LogP contribution in [0.5, 0.6) is 0 Å². The SMILES string of the molecule is O=C(Nc1ccccn1)c1nc(-c2ccccc2)oc1-c1ccc(NC(=O)C2CC2)cc1. The number of aromatic nitrogens is 2. The maximum atomic E-state index is 13.0. The second kappa shape index (κ2) is 8.47. The number of pyridine rings is 1. The van der Waals surface area contributed by atoms with Gasteiger partial charge in [0.25, 0.3) is 5.91 Å². The van der Waals surface area contributed by atoms with Crippen LogP contribution in [0.25, 0.3) is 22.8 Å². The fraction of sp³-hybridized carbons (Fsp3) is 0.120. The second-order valence-corrected chi connectivity index (χ2v) is 7.57. The lowest BCUT2D eigenvalue weighted by atomic mass is 10.1. The molecule has 1 fully saturated rings. The van der Waals surface area contributed by atoms with E-state index >= 15 is 0 Å². The van der Waals surface area contributed by atoms with Gasteiger partial charge in [-0.15, -0.1) is 0 Å². The number of amides is 2. The summed E-state index contributed by atoms with van der Waals surface area (Å²) in [6.45, 7) is 0. The van der Waals surface area contributed by atoms with Crippen LogP contribution in [0, 0.1) is 5.92 Å². The van der Waals surface area contributed by atoms with Crippen LogP contribution in [0.1, 0.15) is 23.3 Å². The molecule has 0 bridgehead atoms. The minimum atomic E-state index is -0.421. The lowest BCUT2D eigenvalue weighted by Crippen LogP contribution is -2.14. The fourth-order valence-corrected chi connectivity index (χ4v) is 3.28. The number of rotatable bonds is 6. The predicted molar refractivity (Wildman–Crippen MR) is 121 cm³/mol. The Kier molecular flexibility index (Phi) is 5.21. The van der Waals surface area contributed by atoms with Crippen molar-refractivity contribution in [3.63, 3.8) is 0 Å². The lowest BCUT2D eigenvalue weighted by Gasteiger charge is -2.06. The molecule has 0 radical (unpaired) electrons. The number of carbonyl (C=O) groups is 2. The maximum Gasteiger partial charge on any atom is 0.279 e. The van der Waals surface area contributed by atoms with E-state index in [0.29, 0.717) is 28.7 Å². The molecule has 2 amide bonds. The van der Waals surface area contributed by atoms with Crippen molar-refractivity contribution in [1.82, 2.24) is 9.97 Å². The third-order valence-electron chi connectivity index (χ3n) is 5.13. The van der Waals surface area contributed by atoms with Gasteiger partial charge in [0.2, 0.25) is 11.8 Å². The van der Waals surface area contributed by atoms with Gasteiger partial charge in [0, 0.05) is 28.9 Å². The van der Waals surface area contributed by atoms with Crippen molar-refractivity contribution in [1.29, 1.82) is 0 Å².